The number of methoxy groups -OCH3 is 1. The number of ether oxygens (including phenoxy) is 1. The van der Waals surface area contributed by atoms with E-state index in [1.807, 2.05) is 0 Å². The van der Waals surface area contributed by atoms with Crippen molar-refractivity contribution in [2.24, 2.45) is 0 Å². The lowest BCUT2D eigenvalue weighted by atomic mass is 10.6. The highest BCUT2D eigenvalue weighted by Crippen LogP contribution is 1.69. The van der Waals surface area contributed by atoms with E-state index in [0.29, 0.717) is 0 Å². The first-order chi connectivity index (χ1) is 5.16. The second kappa shape index (κ2) is 6.11. The molecular weight excluding hydrogens is 170 g/mol. The summed E-state index contributed by atoms with van der Waals surface area (Å²) in [4.78, 5) is 10.6. The smallest absolute Gasteiger partial charge is 0.246 e. The van der Waals surface area contributed by atoms with Gasteiger partial charge in [0.25, 0.3) is 0 Å². The van der Waals surface area contributed by atoms with E-state index in [1.165, 1.54) is 7.11 Å². The van der Waals surface area contributed by atoms with Crippen molar-refractivity contribution in [3.8, 4) is 0 Å². The molecule has 0 aliphatic carbocycles. The molecule has 0 bridgehead atoms. The zero-order chi connectivity index (χ0) is 8.69. The molecular formula is C5H11NO4S. The van der Waals surface area contributed by atoms with Crippen LogP contribution in [0.5, 0.6) is 0 Å². The van der Waals surface area contributed by atoms with E-state index < -0.39 is 10.7 Å². The molecule has 0 rings (SSSR count). The summed E-state index contributed by atoms with van der Waals surface area (Å²) in [7, 11) is -0.999. The summed E-state index contributed by atoms with van der Waals surface area (Å²) in [5.41, 5.74) is 0. The summed E-state index contributed by atoms with van der Waals surface area (Å²) in [5.74, 6) is -0.325. The van der Waals surface area contributed by atoms with Crippen LogP contribution in [0.2, 0.25) is 0 Å². The predicted octanol–water partition coefficient (Wildman–Crippen LogP) is -1.64. The first-order valence-corrected chi connectivity index (χ1v) is 4.40. The van der Waals surface area contributed by atoms with Gasteiger partial charge < -0.3 is 10.1 Å². The topological polar surface area (TPSA) is 72.5 Å². The van der Waals surface area contributed by atoms with Gasteiger partial charge in [-0.25, -0.2) is 8.42 Å². The molecule has 0 unspecified atom stereocenters. The Kier molecular flexibility index (Phi) is 5.77. The molecule has 0 saturated carbocycles. The van der Waals surface area contributed by atoms with Gasteiger partial charge in [0.2, 0.25) is 5.91 Å². The number of thiol groups is 1. The molecule has 0 aromatic carbocycles. The van der Waals surface area contributed by atoms with Crippen LogP contribution in [0.1, 0.15) is 0 Å². The Bertz CT molecular complexity index is 181. The van der Waals surface area contributed by atoms with Crippen LogP contribution in [-0.4, -0.2) is 40.3 Å². The van der Waals surface area contributed by atoms with E-state index in [0.717, 1.165) is 0 Å². The number of carbonyl (C=O) groups is 1. The van der Waals surface area contributed by atoms with Crippen molar-refractivity contribution in [3.05, 3.63) is 0 Å². The van der Waals surface area contributed by atoms with Gasteiger partial charge in [-0.15, -0.1) is 0 Å². The Morgan fingerprint density at radius 1 is 1.55 bits per heavy atom. The van der Waals surface area contributed by atoms with Gasteiger partial charge in [0.1, 0.15) is 17.3 Å². The molecule has 0 aliphatic rings. The standard InChI is InChI=1S/C5H11NO4S/c1-10-4-5(7)6-2-3-11(8)9/h11H,2-4H2,1H3,(H,6,7). The number of hydrogen-bond donors (Lipinski definition) is 2. The lowest BCUT2D eigenvalue weighted by Crippen LogP contribution is -2.29. The van der Waals surface area contributed by atoms with Gasteiger partial charge >= 0.3 is 0 Å². The highest BCUT2D eigenvalue weighted by molar-refractivity contribution is 7.72. The molecule has 66 valence electrons. The van der Waals surface area contributed by atoms with Gasteiger partial charge in [-0.05, 0) is 0 Å². The van der Waals surface area contributed by atoms with Gasteiger partial charge in [0, 0.05) is 13.7 Å². The molecule has 0 aromatic rings. The number of hydrogen-bond acceptors (Lipinski definition) is 4. The monoisotopic (exact) mass is 181 g/mol. The molecule has 0 heterocycles. The van der Waals surface area contributed by atoms with E-state index >= 15 is 0 Å². The number of rotatable bonds is 5. The molecule has 0 saturated heterocycles. The van der Waals surface area contributed by atoms with Crippen LogP contribution in [0.25, 0.3) is 0 Å². The fourth-order valence-electron chi connectivity index (χ4n) is 0.469. The summed E-state index contributed by atoms with van der Waals surface area (Å²) in [5, 5.41) is 2.37. The fraction of sp³-hybridized carbons (Fsp3) is 0.800. The van der Waals surface area contributed by atoms with E-state index in [9.17, 15) is 13.2 Å². The minimum absolute atomic E-state index is 0.0230. The van der Waals surface area contributed by atoms with Gasteiger partial charge in [0.15, 0.2) is 0 Å². The van der Waals surface area contributed by atoms with Crippen molar-refractivity contribution in [2.45, 2.75) is 0 Å². The third-order valence-corrected chi connectivity index (χ3v) is 1.48. The fourth-order valence-corrected chi connectivity index (χ4v) is 0.763. The minimum atomic E-state index is -2.40. The van der Waals surface area contributed by atoms with Gasteiger partial charge in [-0.1, -0.05) is 0 Å². The quantitative estimate of drug-likeness (QED) is 0.499. The van der Waals surface area contributed by atoms with Crippen molar-refractivity contribution < 1.29 is 17.9 Å². The van der Waals surface area contributed by atoms with Crippen LogP contribution < -0.4 is 5.32 Å². The van der Waals surface area contributed by atoms with Crippen LogP contribution >= 0.6 is 0 Å². The summed E-state index contributed by atoms with van der Waals surface area (Å²) < 4.78 is 24.5. The van der Waals surface area contributed by atoms with Crippen molar-refractivity contribution in [2.75, 3.05) is 26.0 Å². The van der Waals surface area contributed by atoms with Crippen LogP contribution in [0.3, 0.4) is 0 Å². The maximum absolute atomic E-state index is 10.6. The molecule has 5 nitrogen and oxygen atoms in total. The van der Waals surface area contributed by atoms with E-state index in [2.05, 4.69) is 10.1 Å². The number of amides is 1. The second-order valence-electron chi connectivity index (χ2n) is 1.84. The maximum Gasteiger partial charge on any atom is 0.246 e. The van der Waals surface area contributed by atoms with Crippen LogP contribution in [0, 0.1) is 0 Å². The summed E-state index contributed by atoms with van der Waals surface area (Å²) >= 11 is 0. The van der Waals surface area contributed by atoms with Gasteiger partial charge in [-0.2, -0.15) is 0 Å². The Balaban J connectivity index is 3.31. The zero-order valence-electron chi connectivity index (χ0n) is 6.20. The largest absolute Gasteiger partial charge is 0.375 e. The molecule has 1 N–H and O–H groups in total. The predicted molar refractivity (Wildman–Crippen MR) is 40.1 cm³/mol. The average molecular weight is 181 g/mol. The summed E-state index contributed by atoms with van der Waals surface area (Å²) in [6.45, 7) is 0.122. The Morgan fingerprint density at radius 2 is 2.18 bits per heavy atom. The molecule has 0 aliphatic heterocycles. The van der Waals surface area contributed by atoms with Crippen molar-refractivity contribution in [1.29, 1.82) is 0 Å². The number of carbonyl (C=O) groups excluding carboxylic acids is 1. The first kappa shape index (κ1) is 10.4. The molecule has 0 radical (unpaired) electrons. The maximum atomic E-state index is 10.6. The SMILES string of the molecule is COCC(=O)NCC[SH](=O)=O. The molecule has 0 spiro atoms. The lowest BCUT2D eigenvalue weighted by molar-refractivity contribution is -0.124. The minimum Gasteiger partial charge on any atom is -0.375 e. The average Bonchev–Trinajstić information content (AvgIpc) is 1.87. The molecule has 0 atom stereocenters. The molecule has 0 aromatic heterocycles. The molecule has 0 fully saturated rings. The van der Waals surface area contributed by atoms with Crippen LogP contribution in [0.4, 0.5) is 0 Å². The van der Waals surface area contributed by atoms with Gasteiger partial charge in [-0.3, -0.25) is 4.79 Å². The second-order valence-corrected chi connectivity index (χ2v) is 2.95. The van der Waals surface area contributed by atoms with E-state index in [1.54, 1.807) is 0 Å². The third-order valence-electron chi connectivity index (χ3n) is 0.892. The van der Waals surface area contributed by atoms with Crippen LogP contribution in [0.15, 0.2) is 0 Å². The van der Waals surface area contributed by atoms with Crippen molar-refractivity contribution in [3.63, 3.8) is 0 Å². The molecule has 11 heavy (non-hydrogen) atoms. The number of nitrogens with one attached hydrogen (secondary N) is 1. The Labute approximate surface area is 66.7 Å². The highest BCUT2D eigenvalue weighted by Gasteiger charge is 1.97. The first-order valence-electron chi connectivity index (χ1n) is 3.04. The lowest BCUT2D eigenvalue weighted by Gasteiger charge is -1.99. The van der Waals surface area contributed by atoms with Crippen molar-refractivity contribution >= 4 is 16.6 Å². The molecule has 1 amide bonds. The van der Waals surface area contributed by atoms with E-state index in [-0.39, 0.29) is 24.8 Å². The van der Waals surface area contributed by atoms with E-state index in [4.69, 9.17) is 0 Å². The summed E-state index contributed by atoms with van der Waals surface area (Å²) in [6.07, 6.45) is 0. The Morgan fingerprint density at radius 3 is 2.64 bits per heavy atom. The van der Waals surface area contributed by atoms with Crippen molar-refractivity contribution in [1.82, 2.24) is 5.32 Å². The van der Waals surface area contributed by atoms with Crippen LogP contribution in [-0.2, 0) is 20.2 Å². The Hall–Kier alpha value is -0.620. The third kappa shape index (κ3) is 7.27. The zero-order valence-corrected chi connectivity index (χ0v) is 7.10. The molecule has 6 heteroatoms. The summed E-state index contributed by atoms with van der Waals surface area (Å²) in [6, 6.07) is 0. The highest BCUT2D eigenvalue weighted by atomic mass is 32.2. The normalized spacial score (nSPS) is 10.0. The van der Waals surface area contributed by atoms with Gasteiger partial charge in [0.05, 0.1) is 5.75 Å².